The Morgan fingerprint density at radius 3 is 2.56 bits per heavy atom. The quantitative estimate of drug-likeness (QED) is 0.507. The minimum absolute atomic E-state index is 0.409. The molecule has 0 saturated carbocycles. The van der Waals surface area contributed by atoms with Gasteiger partial charge in [-0.2, -0.15) is 0 Å². The van der Waals surface area contributed by atoms with Crippen LogP contribution >= 0.6 is 11.6 Å². The van der Waals surface area contributed by atoms with E-state index >= 15 is 0 Å². The predicted molar refractivity (Wildman–Crippen MR) is 73.8 cm³/mol. The fraction of sp³-hybridized carbons (Fsp3) is 0.571. The summed E-state index contributed by atoms with van der Waals surface area (Å²) in [6, 6.07) is 5.75. The molecule has 0 amide bonds. The average Bonchev–Trinajstić information content (AvgIpc) is 2.40. The first-order chi connectivity index (χ1) is 8.83. The van der Waals surface area contributed by atoms with Crippen LogP contribution in [-0.4, -0.2) is 26.4 Å². The summed E-state index contributed by atoms with van der Waals surface area (Å²) in [6.07, 6.45) is 1.02. The molecule has 102 valence electrons. The maximum Gasteiger partial charge on any atom is 0.165 e. The largest absolute Gasteiger partial charge is 0.490 e. The molecular weight excluding hydrogens is 252 g/mol. The van der Waals surface area contributed by atoms with Crippen LogP contribution in [0.2, 0.25) is 0 Å². The molecular formula is C14H21ClO3. The number of para-hydroxylation sites is 1. The lowest BCUT2D eigenvalue weighted by atomic mass is 10.2. The molecule has 0 radical (unpaired) electrons. The zero-order chi connectivity index (χ0) is 13.2. The number of hydrogen-bond acceptors (Lipinski definition) is 3. The third-order valence-corrected chi connectivity index (χ3v) is 2.61. The van der Waals surface area contributed by atoms with Gasteiger partial charge < -0.3 is 14.2 Å². The molecule has 18 heavy (non-hydrogen) atoms. The van der Waals surface area contributed by atoms with Gasteiger partial charge in [0.25, 0.3) is 0 Å². The van der Waals surface area contributed by atoms with Gasteiger partial charge in [0.1, 0.15) is 6.61 Å². The number of benzene rings is 1. The highest BCUT2D eigenvalue weighted by atomic mass is 35.5. The molecule has 4 heteroatoms. The van der Waals surface area contributed by atoms with Gasteiger partial charge in [-0.3, -0.25) is 0 Å². The first kappa shape index (κ1) is 15.1. The lowest BCUT2D eigenvalue weighted by molar-refractivity contribution is 0.0989. The van der Waals surface area contributed by atoms with Crippen molar-refractivity contribution in [3.8, 4) is 11.5 Å². The molecule has 0 spiro atoms. The van der Waals surface area contributed by atoms with Gasteiger partial charge in [-0.25, -0.2) is 0 Å². The molecule has 0 saturated heterocycles. The van der Waals surface area contributed by atoms with Crippen molar-refractivity contribution in [2.75, 3.05) is 26.4 Å². The number of alkyl halides is 1. The minimum Gasteiger partial charge on any atom is -0.490 e. The Kier molecular flexibility index (Phi) is 7.62. The van der Waals surface area contributed by atoms with Crippen molar-refractivity contribution >= 4 is 11.6 Å². The van der Waals surface area contributed by atoms with E-state index in [4.69, 9.17) is 25.8 Å². The Morgan fingerprint density at radius 1 is 1.06 bits per heavy atom. The van der Waals surface area contributed by atoms with E-state index in [9.17, 15) is 0 Å². The van der Waals surface area contributed by atoms with Crippen LogP contribution in [0.4, 0.5) is 0 Å². The van der Waals surface area contributed by atoms with Crippen LogP contribution in [0, 0.1) is 0 Å². The van der Waals surface area contributed by atoms with Crippen LogP contribution in [0.25, 0.3) is 0 Å². The Morgan fingerprint density at radius 2 is 1.89 bits per heavy atom. The van der Waals surface area contributed by atoms with Gasteiger partial charge in [0, 0.05) is 12.2 Å². The van der Waals surface area contributed by atoms with Crippen LogP contribution in [-0.2, 0) is 10.6 Å². The van der Waals surface area contributed by atoms with E-state index < -0.39 is 0 Å². The average molecular weight is 273 g/mol. The second-order valence-corrected chi connectivity index (χ2v) is 4.04. The lowest BCUT2D eigenvalue weighted by Gasteiger charge is -2.14. The summed E-state index contributed by atoms with van der Waals surface area (Å²) < 4.78 is 16.6. The Bertz CT molecular complexity index is 342. The Balaban J connectivity index is 2.60. The van der Waals surface area contributed by atoms with E-state index in [-0.39, 0.29) is 0 Å². The molecule has 0 unspecified atom stereocenters. The Labute approximate surface area is 114 Å². The fourth-order valence-corrected chi connectivity index (χ4v) is 1.76. The third-order valence-electron chi connectivity index (χ3n) is 2.33. The lowest BCUT2D eigenvalue weighted by Crippen LogP contribution is -2.09. The van der Waals surface area contributed by atoms with Crippen LogP contribution < -0.4 is 9.47 Å². The topological polar surface area (TPSA) is 27.7 Å². The third kappa shape index (κ3) is 4.75. The zero-order valence-electron chi connectivity index (χ0n) is 11.1. The van der Waals surface area contributed by atoms with Gasteiger partial charge in [0.2, 0.25) is 0 Å². The highest BCUT2D eigenvalue weighted by Gasteiger charge is 2.10. The maximum absolute atomic E-state index is 5.90. The van der Waals surface area contributed by atoms with Crippen LogP contribution in [0.5, 0.6) is 11.5 Å². The standard InChI is InChI=1S/C14H21ClO3/c1-3-8-16-9-10-18-14-12(11-15)6-5-7-13(14)17-4-2/h5-7H,3-4,8-11H2,1-2H3. The van der Waals surface area contributed by atoms with Gasteiger partial charge in [-0.1, -0.05) is 19.1 Å². The van der Waals surface area contributed by atoms with Crippen LogP contribution in [0.3, 0.4) is 0 Å². The molecule has 3 nitrogen and oxygen atoms in total. The molecule has 0 aliphatic rings. The number of ether oxygens (including phenoxy) is 3. The molecule has 0 aliphatic carbocycles. The van der Waals surface area contributed by atoms with E-state index in [1.54, 1.807) is 0 Å². The van der Waals surface area contributed by atoms with Gasteiger partial charge in [0.15, 0.2) is 11.5 Å². The molecule has 0 aliphatic heterocycles. The van der Waals surface area contributed by atoms with E-state index in [0.29, 0.717) is 25.7 Å². The molecule has 0 bridgehead atoms. The molecule has 1 aromatic carbocycles. The molecule has 0 heterocycles. The van der Waals surface area contributed by atoms with Crippen LogP contribution in [0.1, 0.15) is 25.8 Å². The number of hydrogen-bond donors (Lipinski definition) is 0. The zero-order valence-corrected chi connectivity index (χ0v) is 11.8. The molecule has 0 atom stereocenters. The van der Waals surface area contributed by atoms with E-state index in [1.807, 2.05) is 25.1 Å². The Hall–Kier alpha value is -0.930. The van der Waals surface area contributed by atoms with Gasteiger partial charge in [-0.05, 0) is 19.4 Å². The smallest absolute Gasteiger partial charge is 0.165 e. The van der Waals surface area contributed by atoms with Crippen molar-refractivity contribution in [1.29, 1.82) is 0 Å². The van der Waals surface area contributed by atoms with E-state index in [2.05, 4.69) is 6.92 Å². The summed E-state index contributed by atoms with van der Waals surface area (Å²) in [5, 5.41) is 0. The summed E-state index contributed by atoms with van der Waals surface area (Å²) >= 11 is 5.90. The van der Waals surface area contributed by atoms with Crippen molar-refractivity contribution in [3.05, 3.63) is 23.8 Å². The second-order valence-electron chi connectivity index (χ2n) is 3.77. The van der Waals surface area contributed by atoms with Crippen LogP contribution in [0.15, 0.2) is 18.2 Å². The normalized spacial score (nSPS) is 10.4. The monoisotopic (exact) mass is 272 g/mol. The van der Waals surface area contributed by atoms with Gasteiger partial charge in [0.05, 0.1) is 19.1 Å². The molecule has 0 fully saturated rings. The van der Waals surface area contributed by atoms with Crippen molar-refractivity contribution in [2.45, 2.75) is 26.1 Å². The summed E-state index contributed by atoms with van der Waals surface area (Å²) in [7, 11) is 0. The van der Waals surface area contributed by atoms with E-state index in [0.717, 1.165) is 30.1 Å². The van der Waals surface area contributed by atoms with Crippen molar-refractivity contribution in [1.82, 2.24) is 0 Å². The summed E-state index contributed by atoms with van der Waals surface area (Å²) in [4.78, 5) is 0. The van der Waals surface area contributed by atoms with Gasteiger partial charge >= 0.3 is 0 Å². The number of rotatable bonds is 9. The highest BCUT2D eigenvalue weighted by Crippen LogP contribution is 2.32. The summed E-state index contributed by atoms with van der Waals surface area (Å²) in [6.45, 7) is 6.48. The van der Waals surface area contributed by atoms with E-state index in [1.165, 1.54) is 0 Å². The molecule has 1 rings (SSSR count). The molecule has 1 aromatic rings. The fourth-order valence-electron chi connectivity index (χ4n) is 1.55. The van der Waals surface area contributed by atoms with Crippen molar-refractivity contribution in [2.24, 2.45) is 0 Å². The van der Waals surface area contributed by atoms with Crippen molar-refractivity contribution in [3.63, 3.8) is 0 Å². The summed E-state index contributed by atoms with van der Waals surface area (Å²) in [5.41, 5.74) is 0.943. The second kappa shape index (κ2) is 9.06. The predicted octanol–water partition coefficient (Wildman–Crippen LogP) is 3.63. The SMILES string of the molecule is CCCOCCOc1c(CCl)cccc1OCC. The van der Waals surface area contributed by atoms with Gasteiger partial charge in [-0.15, -0.1) is 11.6 Å². The molecule has 0 aromatic heterocycles. The molecule has 0 N–H and O–H groups in total. The first-order valence-corrected chi connectivity index (χ1v) is 6.88. The maximum atomic E-state index is 5.90. The number of halogens is 1. The highest BCUT2D eigenvalue weighted by molar-refractivity contribution is 6.17. The first-order valence-electron chi connectivity index (χ1n) is 6.34. The minimum atomic E-state index is 0.409. The van der Waals surface area contributed by atoms with Crippen molar-refractivity contribution < 1.29 is 14.2 Å². The summed E-state index contributed by atoms with van der Waals surface area (Å²) in [5.74, 6) is 1.88.